The van der Waals surface area contributed by atoms with Gasteiger partial charge in [0, 0.05) is 0 Å². The normalized spacial score (nSPS) is 12.1. The van der Waals surface area contributed by atoms with Crippen LogP contribution in [0.1, 0.15) is 0 Å². The van der Waals surface area contributed by atoms with Gasteiger partial charge in [0.15, 0.2) is 0 Å². The lowest BCUT2D eigenvalue weighted by atomic mass is 9.86. The maximum absolute atomic E-state index is 12.7. The molecule has 0 aliphatic carbocycles. The first-order valence-electron chi connectivity index (χ1n) is 15.5. The van der Waals surface area contributed by atoms with E-state index in [2.05, 4.69) is 126 Å². The lowest BCUT2D eigenvalue weighted by Crippen LogP contribution is -2.16. The van der Waals surface area contributed by atoms with E-state index >= 15 is 0 Å². The Balaban J connectivity index is 1.17. The van der Waals surface area contributed by atoms with E-state index in [1.54, 1.807) is 12.1 Å². The van der Waals surface area contributed by atoms with E-state index in [1.807, 2.05) is 6.07 Å². The van der Waals surface area contributed by atoms with Gasteiger partial charge < -0.3 is 4.74 Å². The van der Waals surface area contributed by atoms with Crippen molar-refractivity contribution >= 4 is 53.9 Å². The van der Waals surface area contributed by atoms with Crippen LogP contribution in [0.2, 0.25) is 0 Å². The molecule has 0 aliphatic rings. The predicted molar refractivity (Wildman–Crippen MR) is 188 cm³/mol. The van der Waals surface area contributed by atoms with Gasteiger partial charge in [0.05, 0.1) is 0 Å². The van der Waals surface area contributed by atoms with Crippen LogP contribution < -0.4 is 4.74 Å². The molecule has 0 saturated heterocycles. The van der Waals surface area contributed by atoms with Gasteiger partial charge in [-0.2, -0.15) is 0 Å². The van der Waals surface area contributed by atoms with Gasteiger partial charge in [-0.1, -0.05) is 133 Å². The molecule has 0 radical (unpaired) electrons. The van der Waals surface area contributed by atoms with Crippen molar-refractivity contribution in [1.29, 1.82) is 0 Å². The van der Waals surface area contributed by atoms with E-state index in [-0.39, 0.29) is 5.75 Å². The molecule has 0 heterocycles. The Morgan fingerprint density at radius 3 is 1.34 bits per heavy atom. The second kappa shape index (κ2) is 10.3. The minimum atomic E-state index is -4.73. The zero-order valence-corrected chi connectivity index (χ0v) is 25.0. The fraction of sp³-hybridized carbons (Fsp3) is 0.0233. The van der Waals surface area contributed by atoms with Gasteiger partial charge in [0.25, 0.3) is 0 Å². The predicted octanol–water partition coefficient (Wildman–Crippen LogP) is 12.8. The number of ether oxygens (including phenoxy) is 1. The van der Waals surface area contributed by atoms with E-state index in [0.29, 0.717) is 0 Å². The van der Waals surface area contributed by atoms with E-state index in [9.17, 15) is 13.2 Å². The molecule has 0 N–H and O–H groups in total. The zero-order valence-electron chi connectivity index (χ0n) is 25.0. The maximum Gasteiger partial charge on any atom is 0.573 e. The summed E-state index contributed by atoms with van der Waals surface area (Å²) in [5.74, 6) is -0.233. The van der Waals surface area contributed by atoms with Crippen LogP contribution in [0, 0.1) is 0 Å². The summed E-state index contributed by atoms with van der Waals surface area (Å²) < 4.78 is 42.3. The monoisotopic (exact) mass is 614 g/mol. The summed E-state index contributed by atoms with van der Waals surface area (Å²) in [5, 5.41) is 11.7. The van der Waals surface area contributed by atoms with E-state index in [1.165, 1.54) is 50.2 Å². The first kappa shape index (κ1) is 27.4. The fourth-order valence-electron chi connectivity index (χ4n) is 7.28. The first-order valence-corrected chi connectivity index (χ1v) is 15.5. The van der Waals surface area contributed by atoms with Crippen molar-refractivity contribution in [3.63, 3.8) is 0 Å². The summed E-state index contributed by atoms with van der Waals surface area (Å²) in [6, 6.07) is 51.5. The third kappa shape index (κ3) is 4.56. The summed E-state index contributed by atoms with van der Waals surface area (Å²) in [5.41, 5.74) is 6.50. The molecule has 1 nitrogen and oxygen atoms in total. The van der Waals surface area contributed by atoms with Crippen LogP contribution in [-0.4, -0.2) is 6.36 Å². The topological polar surface area (TPSA) is 9.23 Å². The quantitative estimate of drug-likeness (QED) is 0.142. The summed E-state index contributed by atoms with van der Waals surface area (Å²) in [7, 11) is 0. The van der Waals surface area contributed by atoms with Crippen LogP contribution in [0.5, 0.6) is 5.75 Å². The Bertz CT molecular complexity index is 2560. The van der Waals surface area contributed by atoms with Crippen molar-refractivity contribution in [1.82, 2.24) is 0 Å². The molecule has 0 amide bonds. The van der Waals surface area contributed by atoms with Crippen LogP contribution in [0.4, 0.5) is 13.2 Å². The highest BCUT2D eigenvalue weighted by atomic mass is 19.4. The zero-order chi connectivity index (χ0) is 31.7. The molecule has 0 aliphatic heterocycles. The molecule has 0 saturated carbocycles. The third-order valence-corrected chi connectivity index (χ3v) is 9.32. The van der Waals surface area contributed by atoms with E-state index in [0.717, 1.165) is 49.2 Å². The fourth-order valence-corrected chi connectivity index (χ4v) is 7.28. The first-order chi connectivity index (χ1) is 22.9. The van der Waals surface area contributed by atoms with Gasteiger partial charge in [-0.25, -0.2) is 0 Å². The SMILES string of the molecule is FC(F)(F)Oc1ccc(-c2ccc3ccc4c(-c5ccc(-c6c7ccccc7cc7ccccc67)cc5)ccc5ccc2c3c54)cc1. The summed E-state index contributed by atoms with van der Waals surface area (Å²) in [4.78, 5) is 0. The molecule has 9 aromatic rings. The molecule has 9 aromatic carbocycles. The van der Waals surface area contributed by atoms with Crippen molar-refractivity contribution in [2.45, 2.75) is 6.36 Å². The van der Waals surface area contributed by atoms with Gasteiger partial charge in [-0.05, 0) is 105 Å². The summed E-state index contributed by atoms with van der Waals surface area (Å²) >= 11 is 0. The number of alkyl halides is 3. The molecule has 0 unspecified atom stereocenters. The number of hydrogen-bond donors (Lipinski definition) is 0. The van der Waals surface area contributed by atoms with E-state index in [4.69, 9.17) is 0 Å². The highest BCUT2D eigenvalue weighted by Crippen LogP contribution is 2.43. The molecule has 4 heteroatoms. The molecule has 224 valence electrons. The molecule has 0 spiro atoms. The van der Waals surface area contributed by atoms with Crippen molar-refractivity contribution in [2.75, 3.05) is 0 Å². The minimum absolute atomic E-state index is 0.233. The van der Waals surface area contributed by atoms with Crippen LogP contribution in [-0.2, 0) is 0 Å². The lowest BCUT2D eigenvalue weighted by Gasteiger charge is -2.17. The van der Waals surface area contributed by atoms with Crippen LogP contribution >= 0.6 is 0 Å². The highest BCUT2D eigenvalue weighted by Gasteiger charge is 2.31. The van der Waals surface area contributed by atoms with Gasteiger partial charge in [-0.15, -0.1) is 13.2 Å². The molecule has 9 rings (SSSR count). The second-order valence-electron chi connectivity index (χ2n) is 12.0. The molecular formula is C43H25F3O. The average molecular weight is 615 g/mol. The van der Waals surface area contributed by atoms with Gasteiger partial charge in [-0.3, -0.25) is 0 Å². The Hall–Kier alpha value is -5.87. The standard InChI is InChI=1S/C43H25F3O/c44-43(45,46)47-33-19-13-27(14-20-33)35-22-16-30-17-23-38-34(21-15-29-18-24-39(35)42(30)41(29)38)26-9-11-28(12-10-26)40-36-7-3-1-5-31(36)25-32-6-2-4-8-37(32)40/h1-25H. The average Bonchev–Trinajstić information content (AvgIpc) is 3.09. The van der Waals surface area contributed by atoms with Gasteiger partial charge in [0.2, 0.25) is 0 Å². The van der Waals surface area contributed by atoms with Crippen LogP contribution in [0.25, 0.3) is 87.2 Å². The second-order valence-corrected chi connectivity index (χ2v) is 12.0. The Morgan fingerprint density at radius 2 is 0.830 bits per heavy atom. The molecular weight excluding hydrogens is 589 g/mol. The number of halogens is 3. The summed E-state index contributed by atoms with van der Waals surface area (Å²) in [6.45, 7) is 0. The van der Waals surface area contributed by atoms with Crippen molar-refractivity contribution in [3.05, 3.63) is 152 Å². The van der Waals surface area contributed by atoms with Crippen molar-refractivity contribution in [3.8, 4) is 39.1 Å². The number of benzene rings is 9. The molecule has 0 aromatic heterocycles. The molecule has 0 fully saturated rings. The van der Waals surface area contributed by atoms with Gasteiger partial charge >= 0.3 is 6.36 Å². The molecule has 0 bridgehead atoms. The number of fused-ring (bicyclic) bond motifs is 2. The Morgan fingerprint density at radius 1 is 0.383 bits per heavy atom. The summed E-state index contributed by atoms with van der Waals surface area (Å²) in [6.07, 6.45) is -4.73. The van der Waals surface area contributed by atoms with E-state index < -0.39 is 6.36 Å². The number of rotatable bonds is 4. The van der Waals surface area contributed by atoms with Gasteiger partial charge in [0.1, 0.15) is 5.75 Å². The Labute approximate surface area is 268 Å². The minimum Gasteiger partial charge on any atom is -0.406 e. The highest BCUT2D eigenvalue weighted by molar-refractivity contribution is 6.27. The van der Waals surface area contributed by atoms with Crippen molar-refractivity contribution < 1.29 is 17.9 Å². The maximum atomic E-state index is 12.7. The lowest BCUT2D eigenvalue weighted by molar-refractivity contribution is -0.274. The largest absolute Gasteiger partial charge is 0.573 e. The van der Waals surface area contributed by atoms with Crippen molar-refractivity contribution in [2.24, 2.45) is 0 Å². The third-order valence-electron chi connectivity index (χ3n) is 9.32. The molecule has 47 heavy (non-hydrogen) atoms. The number of hydrogen-bond acceptors (Lipinski definition) is 1. The Kier molecular flexibility index (Phi) is 6.03. The van der Waals surface area contributed by atoms with Crippen LogP contribution in [0.3, 0.4) is 0 Å². The molecule has 0 atom stereocenters. The smallest absolute Gasteiger partial charge is 0.406 e. The van der Waals surface area contributed by atoms with Crippen LogP contribution in [0.15, 0.2) is 152 Å².